The van der Waals surface area contributed by atoms with E-state index in [0.717, 1.165) is 6.42 Å². The van der Waals surface area contributed by atoms with Gasteiger partial charge in [0.25, 0.3) is 0 Å². The van der Waals surface area contributed by atoms with E-state index in [1.54, 1.807) is 0 Å². The Balaban J connectivity index is 2.08. The number of aryl methyl sites for hydroxylation is 1. The van der Waals surface area contributed by atoms with Crippen LogP contribution in [0, 0.1) is 13.3 Å². The van der Waals surface area contributed by atoms with E-state index in [-0.39, 0.29) is 0 Å². The maximum Gasteiger partial charge on any atom is -0.0129 e. The molecule has 75 valence electrons. The Kier molecular flexibility index (Phi) is 3.18. The first-order valence-corrected chi connectivity index (χ1v) is 5.29. The number of hydrogen-bond acceptors (Lipinski definition) is 0. The lowest BCUT2D eigenvalue weighted by molar-refractivity contribution is 1.24. The third-order valence-electron chi connectivity index (χ3n) is 2.46. The zero-order valence-electron chi connectivity index (χ0n) is 8.98. The van der Waals surface area contributed by atoms with E-state index in [1.807, 2.05) is 0 Å². The summed E-state index contributed by atoms with van der Waals surface area (Å²) in [5.41, 5.74) is 3.85. The van der Waals surface area contributed by atoms with Crippen LogP contribution in [0.25, 0.3) is 6.08 Å². The molecule has 1 aliphatic carbocycles. The van der Waals surface area contributed by atoms with Gasteiger partial charge in [-0.2, -0.15) is 0 Å². The van der Waals surface area contributed by atoms with Gasteiger partial charge in [-0.1, -0.05) is 60.2 Å². The van der Waals surface area contributed by atoms with Gasteiger partial charge in [-0.25, -0.2) is 0 Å². The van der Waals surface area contributed by atoms with Crippen molar-refractivity contribution in [2.24, 2.45) is 0 Å². The topological polar surface area (TPSA) is 0 Å². The largest absolute Gasteiger partial charge is 0.0799 e. The van der Waals surface area contributed by atoms with Crippen LogP contribution in [0.3, 0.4) is 0 Å². The Morgan fingerprint density at radius 1 is 1.07 bits per heavy atom. The highest BCUT2D eigenvalue weighted by molar-refractivity contribution is 5.55. The van der Waals surface area contributed by atoms with Crippen molar-refractivity contribution in [2.45, 2.75) is 13.3 Å². The van der Waals surface area contributed by atoms with E-state index in [0.29, 0.717) is 0 Å². The number of benzene rings is 1. The molecule has 0 fully saturated rings. The summed E-state index contributed by atoms with van der Waals surface area (Å²) in [5, 5.41) is 0. The molecule has 2 rings (SSSR count). The first-order valence-electron chi connectivity index (χ1n) is 5.29. The van der Waals surface area contributed by atoms with Crippen molar-refractivity contribution in [2.75, 3.05) is 0 Å². The molecule has 0 saturated heterocycles. The standard InChI is InChI=1S/C15H15/c1-13-7-9-15(10-8-13)12-11-14-5-3-2-4-6-14/h2-3,5-12H,4H2,1H3. The van der Waals surface area contributed by atoms with Crippen LogP contribution in [0.5, 0.6) is 0 Å². The van der Waals surface area contributed by atoms with Crippen LogP contribution in [0.1, 0.15) is 17.5 Å². The summed E-state index contributed by atoms with van der Waals surface area (Å²) >= 11 is 0. The van der Waals surface area contributed by atoms with Gasteiger partial charge in [0.05, 0.1) is 0 Å². The summed E-state index contributed by atoms with van der Waals surface area (Å²) in [6.07, 6.45) is 14.0. The van der Waals surface area contributed by atoms with E-state index >= 15 is 0 Å². The molecule has 0 unspecified atom stereocenters. The molecular formula is C15H15. The maximum absolute atomic E-state index is 2.23. The second-order valence-corrected chi connectivity index (χ2v) is 3.78. The van der Waals surface area contributed by atoms with Crippen molar-refractivity contribution in [3.05, 3.63) is 71.7 Å². The van der Waals surface area contributed by atoms with Gasteiger partial charge in [0.15, 0.2) is 0 Å². The third-order valence-corrected chi connectivity index (χ3v) is 2.46. The van der Waals surface area contributed by atoms with Crippen molar-refractivity contribution in [1.29, 1.82) is 0 Å². The van der Waals surface area contributed by atoms with Crippen LogP contribution in [0.15, 0.2) is 54.1 Å². The average molecular weight is 195 g/mol. The summed E-state index contributed by atoms with van der Waals surface area (Å²) in [4.78, 5) is 0. The van der Waals surface area contributed by atoms with Gasteiger partial charge >= 0.3 is 0 Å². The van der Waals surface area contributed by atoms with E-state index in [1.165, 1.54) is 16.7 Å². The molecule has 0 heteroatoms. The number of rotatable bonds is 2. The molecule has 1 aromatic rings. The fourth-order valence-corrected chi connectivity index (χ4v) is 1.52. The molecule has 0 N–H and O–H groups in total. The van der Waals surface area contributed by atoms with Crippen molar-refractivity contribution >= 4 is 6.08 Å². The lowest BCUT2D eigenvalue weighted by Crippen LogP contribution is -1.81. The molecule has 0 aliphatic heterocycles. The Bertz CT molecular complexity index is 402. The highest BCUT2D eigenvalue weighted by atomic mass is 14.0. The smallest absolute Gasteiger partial charge is 0.0129 e. The SMILES string of the molecule is Cc1ccc(C=CC2=CC[CH]C=C2)cc1. The molecule has 0 atom stereocenters. The Morgan fingerprint density at radius 3 is 2.53 bits per heavy atom. The Labute approximate surface area is 91.6 Å². The molecule has 0 amide bonds. The molecule has 0 aromatic heterocycles. The summed E-state index contributed by atoms with van der Waals surface area (Å²) < 4.78 is 0. The monoisotopic (exact) mass is 195 g/mol. The second kappa shape index (κ2) is 4.79. The van der Waals surface area contributed by atoms with Crippen LogP contribution >= 0.6 is 0 Å². The Hall–Kier alpha value is -1.56. The van der Waals surface area contributed by atoms with Gasteiger partial charge in [-0.05, 0) is 30.9 Å². The lowest BCUT2D eigenvalue weighted by atomic mass is 10.1. The summed E-state index contributed by atoms with van der Waals surface area (Å²) in [6.45, 7) is 2.11. The number of hydrogen-bond donors (Lipinski definition) is 0. The molecule has 0 spiro atoms. The van der Waals surface area contributed by atoms with Crippen molar-refractivity contribution in [3.8, 4) is 0 Å². The van der Waals surface area contributed by atoms with Gasteiger partial charge in [0.1, 0.15) is 0 Å². The van der Waals surface area contributed by atoms with Gasteiger partial charge in [-0.3, -0.25) is 0 Å². The zero-order chi connectivity index (χ0) is 10.5. The zero-order valence-corrected chi connectivity index (χ0v) is 8.98. The second-order valence-electron chi connectivity index (χ2n) is 3.78. The molecule has 1 radical (unpaired) electrons. The summed E-state index contributed by atoms with van der Waals surface area (Å²) in [7, 11) is 0. The quantitative estimate of drug-likeness (QED) is 0.666. The van der Waals surface area contributed by atoms with Crippen molar-refractivity contribution in [1.82, 2.24) is 0 Å². The molecule has 1 aromatic carbocycles. The van der Waals surface area contributed by atoms with E-state index in [2.05, 4.69) is 68.0 Å². The highest BCUT2D eigenvalue weighted by Gasteiger charge is 1.92. The first-order chi connectivity index (χ1) is 7.34. The molecule has 1 aliphatic rings. The first kappa shape index (κ1) is 9.97. The van der Waals surface area contributed by atoms with Crippen molar-refractivity contribution in [3.63, 3.8) is 0 Å². The summed E-state index contributed by atoms with van der Waals surface area (Å²) in [6, 6.07) is 8.56. The van der Waals surface area contributed by atoms with Gasteiger partial charge in [-0.15, -0.1) is 0 Å². The third kappa shape index (κ3) is 2.95. The van der Waals surface area contributed by atoms with Crippen LogP contribution in [-0.2, 0) is 0 Å². The predicted molar refractivity (Wildman–Crippen MR) is 66.4 cm³/mol. The Morgan fingerprint density at radius 2 is 1.87 bits per heavy atom. The average Bonchev–Trinajstić information content (AvgIpc) is 2.30. The minimum atomic E-state index is 1.05. The number of allylic oxidation sites excluding steroid dienone is 5. The van der Waals surface area contributed by atoms with Crippen LogP contribution in [0.2, 0.25) is 0 Å². The minimum absolute atomic E-state index is 1.05. The fraction of sp³-hybridized carbons (Fsp3) is 0.133. The molecule has 0 bridgehead atoms. The lowest BCUT2D eigenvalue weighted by Gasteiger charge is -2.00. The summed E-state index contributed by atoms with van der Waals surface area (Å²) in [5.74, 6) is 0. The highest BCUT2D eigenvalue weighted by Crippen LogP contribution is 2.12. The van der Waals surface area contributed by atoms with Crippen LogP contribution < -0.4 is 0 Å². The molecule has 0 heterocycles. The maximum atomic E-state index is 2.23. The normalized spacial score (nSPS) is 15.7. The predicted octanol–water partition coefficient (Wildman–Crippen LogP) is 4.10. The van der Waals surface area contributed by atoms with Crippen LogP contribution in [-0.4, -0.2) is 0 Å². The minimum Gasteiger partial charge on any atom is -0.0799 e. The fourth-order valence-electron chi connectivity index (χ4n) is 1.52. The van der Waals surface area contributed by atoms with Gasteiger partial charge in [0.2, 0.25) is 0 Å². The molecule has 0 saturated carbocycles. The van der Waals surface area contributed by atoms with E-state index < -0.39 is 0 Å². The van der Waals surface area contributed by atoms with Gasteiger partial charge < -0.3 is 0 Å². The van der Waals surface area contributed by atoms with Gasteiger partial charge in [0, 0.05) is 0 Å². The van der Waals surface area contributed by atoms with Crippen molar-refractivity contribution < 1.29 is 0 Å². The molecule has 15 heavy (non-hydrogen) atoms. The van der Waals surface area contributed by atoms with Crippen LogP contribution in [0.4, 0.5) is 0 Å². The van der Waals surface area contributed by atoms with E-state index in [9.17, 15) is 0 Å². The molecular weight excluding hydrogens is 180 g/mol. The molecule has 0 nitrogen and oxygen atoms in total. The van der Waals surface area contributed by atoms with E-state index in [4.69, 9.17) is 0 Å².